The number of benzene rings is 1. The zero-order chi connectivity index (χ0) is 18.9. The first kappa shape index (κ1) is 20.0. The molecular weight excluding hydrogens is 359 g/mol. The fourth-order valence-electron chi connectivity index (χ4n) is 2.27. The van der Waals surface area contributed by atoms with E-state index in [2.05, 4.69) is 4.98 Å². The predicted molar refractivity (Wildman–Crippen MR) is 95.7 cm³/mol. The van der Waals surface area contributed by atoms with Gasteiger partial charge in [0.25, 0.3) is 5.91 Å². The maximum Gasteiger partial charge on any atom is 0.357 e. The maximum atomic E-state index is 13.1. The van der Waals surface area contributed by atoms with Crippen LogP contribution >= 0.6 is 11.3 Å². The summed E-state index contributed by atoms with van der Waals surface area (Å²) in [5.41, 5.74) is 0.629. The molecule has 2 rings (SSSR count). The Labute approximate surface area is 155 Å². The molecule has 0 radical (unpaired) electrons. The number of nitrogens with zero attached hydrogens (tertiary/aromatic N) is 2. The summed E-state index contributed by atoms with van der Waals surface area (Å²) in [4.78, 5) is 30.3. The topological polar surface area (TPSA) is 68.7 Å². The lowest BCUT2D eigenvalue weighted by atomic mass is 10.2. The zero-order valence-corrected chi connectivity index (χ0v) is 15.6. The smallest absolute Gasteiger partial charge is 0.357 e. The van der Waals surface area contributed by atoms with Crippen LogP contribution in [0.3, 0.4) is 0 Å². The van der Waals surface area contributed by atoms with Gasteiger partial charge >= 0.3 is 5.97 Å². The first-order valence-electron chi connectivity index (χ1n) is 8.20. The molecule has 26 heavy (non-hydrogen) atoms. The normalized spacial score (nSPS) is 10.6. The van der Waals surface area contributed by atoms with Gasteiger partial charge in [-0.3, -0.25) is 4.79 Å². The second-order valence-electron chi connectivity index (χ2n) is 5.43. The third kappa shape index (κ3) is 5.60. The minimum atomic E-state index is -0.481. The highest BCUT2D eigenvalue weighted by molar-refractivity contribution is 7.09. The molecular formula is C18H21FN2O4S. The zero-order valence-electron chi connectivity index (χ0n) is 14.7. The van der Waals surface area contributed by atoms with Crippen molar-refractivity contribution in [2.24, 2.45) is 0 Å². The lowest BCUT2D eigenvalue weighted by Crippen LogP contribution is -2.32. The molecule has 0 N–H and O–H groups in total. The molecule has 0 bridgehead atoms. The molecule has 0 saturated carbocycles. The average molecular weight is 380 g/mol. The molecule has 1 aromatic heterocycles. The first-order valence-corrected chi connectivity index (χ1v) is 9.08. The van der Waals surface area contributed by atoms with Crippen molar-refractivity contribution in [2.45, 2.75) is 19.9 Å². The number of carbonyl (C=O) groups excluding carboxylic acids is 2. The summed E-state index contributed by atoms with van der Waals surface area (Å²) in [6.07, 6.45) is 0.652. The molecule has 0 aliphatic carbocycles. The van der Waals surface area contributed by atoms with Crippen LogP contribution in [0.4, 0.5) is 4.39 Å². The second-order valence-corrected chi connectivity index (χ2v) is 6.37. The van der Waals surface area contributed by atoms with Crippen LogP contribution in [0.15, 0.2) is 29.6 Å². The SMILES string of the molecule is CCOC(=O)c1csc(CN(CCCOC)C(=O)c2ccc(F)cc2)n1. The molecule has 8 heteroatoms. The van der Waals surface area contributed by atoms with Crippen LogP contribution in [-0.2, 0) is 16.0 Å². The van der Waals surface area contributed by atoms with Crippen molar-refractivity contribution in [2.75, 3.05) is 26.9 Å². The fraction of sp³-hybridized carbons (Fsp3) is 0.389. The van der Waals surface area contributed by atoms with Gasteiger partial charge in [-0.05, 0) is 37.6 Å². The van der Waals surface area contributed by atoms with Crippen LogP contribution in [0.25, 0.3) is 0 Å². The number of hydrogen-bond donors (Lipinski definition) is 0. The van der Waals surface area contributed by atoms with Gasteiger partial charge in [0.1, 0.15) is 10.8 Å². The molecule has 0 saturated heterocycles. The van der Waals surface area contributed by atoms with Crippen LogP contribution < -0.4 is 0 Å². The Morgan fingerprint density at radius 1 is 1.27 bits per heavy atom. The van der Waals surface area contributed by atoms with E-state index in [-0.39, 0.29) is 24.8 Å². The number of ether oxygens (including phenoxy) is 2. The van der Waals surface area contributed by atoms with Crippen LogP contribution in [-0.4, -0.2) is 48.6 Å². The molecule has 1 amide bonds. The van der Waals surface area contributed by atoms with E-state index >= 15 is 0 Å². The molecule has 0 spiro atoms. The van der Waals surface area contributed by atoms with Gasteiger partial charge in [0.05, 0.1) is 13.2 Å². The van der Waals surface area contributed by atoms with Gasteiger partial charge in [-0.1, -0.05) is 0 Å². The van der Waals surface area contributed by atoms with Crippen LogP contribution in [0.2, 0.25) is 0 Å². The maximum absolute atomic E-state index is 13.1. The summed E-state index contributed by atoms with van der Waals surface area (Å²) in [5.74, 6) is -1.11. The van der Waals surface area contributed by atoms with Crippen molar-refractivity contribution in [3.8, 4) is 0 Å². The molecule has 1 aromatic carbocycles. The van der Waals surface area contributed by atoms with E-state index < -0.39 is 11.8 Å². The van der Waals surface area contributed by atoms with Gasteiger partial charge in [0.15, 0.2) is 5.69 Å². The monoisotopic (exact) mass is 380 g/mol. The van der Waals surface area contributed by atoms with Gasteiger partial charge in [-0.25, -0.2) is 14.2 Å². The van der Waals surface area contributed by atoms with Crippen LogP contribution in [0, 0.1) is 5.82 Å². The number of rotatable bonds is 9. The quantitative estimate of drug-likeness (QED) is 0.494. The van der Waals surface area contributed by atoms with Crippen molar-refractivity contribution >= 4 is 23.2 Å². The van der Waals surface area contributed by atoms with E-state index in [9.17, 15) is 14.0 Å². The number of methoxy groups -OCH3 is 1. The molecule has 0 unspecified atom stereocenters. The van der Waals surface area contributed by atoms with Crippen molar-refractivity contribution in [1.82, 2.24) is 9.88 Å². The van der Waals surface area contributed by atoms with Crippen molar-refractivity contribution in [3.63, 3.8) is 0 Å². The third-order valence-corrected chi connectivity index (χ3v) is 4.35. The first-order chi connectivity index (χ1) is 12.5. The summed E-state index contributed by atoms with van der Waals surface area (Å²) < 4.78 is 23.1. The summed E-state index contributed by atoms with van der Waals surface area (Å²) in [6, 6.07) is 5.41. The fourth-order valence-corrected chi connectivity index (χ4v) is 3.05. The van der Waals surface area contributed by atoms with Gasteiger partial charge in [0, 0.05) is 31.2 Å². The van der Waals surface area contributed by atoms with E-state index in [1.54, 1.807) is 24.3 Å². The third-order valence-electron chi connectivity index (χ3n) is 3.52. The van der Waals surface area contributed by atoms with Gasteiger partial charge in [0.2, 0.25) is 0 Å². The Balaban J connectivity index is 2.12. The summed E-state index contributed by atoms with van der Waals surface area (Å²) in [5, 5.41) is 2.24. The lowest BCUT2D eigenvalue weighted by Gasteiger charge is -2.21. The molecule has 0 aliphatic heterocycles. The highest BCUT2D eigenvalue weighted by atomic mass is 32.1. The average Bonchev–Trinajstić information content (AvgIpc) is 3.10. The van der Waals surface area contributed by atoms with E-state index in [0.29, 0.717) is 30.1 Å². The number of hydrogen-bond acceptors (Lipinski definition) is 6. The molecule has 0 atom stereocenters. The Bertz CT molecular complexity index is 733. The molecule has 6 nitrogen and oxygen atoms in total. The summed E-state index contributed by atoms with van der Waals surface area (Å²) >= 11 is 1.29. The number of carbonyl (C=O) groups is 2. The van der Waals surface area contributed by atoms with E-state index in [1.165, 1.54) is 35.6 Å². The largest absolute Gasteiger partial charge is 0.461 e. The molecule has 140 valence electrons. The van der Waals surface area contributed by atoms with Crippen LogP contribution in [0.1, 0.15) is 39.2 Å². The van der Waals surface area contributed by atoms with Gasteiger partial charge < -0.3 is 14.4 Å². The Morgan fingerprint density at radius 2 is 2.00 bits per heavy atom. The summed E-state index contributed by atoms with van der Waals surface area (Å²) in [7, 11) is 1.60. The van der Waals surface area contributed by atoms with Crippen molar-refractivity contribution in [3.05, 3.63) is 51.7 Å². The van der Waals surface area contributed by atoms with Crippen LogP contribution in [0.5, 0.6) is 0 Å². The Hall–Kier alpha value is -2.32. The minimum absolute atomic E-state index is 0.228. The highest BCUT2D eigenvalue weighted by Gasteiger charge is 2.19. The predicted octanol–water partition coefficient (Wildman–Crippen LogP) is 3.14. The lowest BCUT2D eigenvalue weighted by molar-refractivity contribution is 0.0520. The summed E-state index contributed by atoms with van der Waals surface area (Å²) in [6.45, 7) is 3.23. The van der Waals surface area contributed by atoms with E-state index in [0.717, 1.165) is 0 Å². The number of thiazole rings is 1. The highest BCUT2D eigenvalue weighted by Crippen LogP contribution is 2.16. The van der Waals surface area contributed by atoms with Crippen molar-refractivity contribution < 1.29 is 23.5 Å². The molecule has 0 fully saturated rings. The number of amides is 1. The number of esters is 1. The minimum Gasteiger partial charge on any atom is -0.461 e. The standard InChI is InChI=1S/C18H21FN2O4S/c1-3-25-18(23)15-12-26-16(20-15)11-21(9-4-10-24-2)17(22)13-5-7-14(19)8-6-13/h5-8,12H,3-4,9-11H2,1-2H3. The second kappa shape index (κ2) is 9.98. The molecule has 1 heterocycles. The van der Waals surface area contributed by atoms with E-state index in [4.69, 9.17) is 9.47 Å². The van der Waals surface area contributed by atoms with Crippen molar-refractivity contribution in [1.29, 1.82) is 0 Å². The molecule has 0 aliphatic rings. The van der Waals surface area contributed by atoms with E-state index in [1.807, 2.05) is 0 Å². The molecule has 2 aromatic rings. The van der Waals surface area contributed by atoms with Gasteiger partial charge in [-0.15, -0.1) is 11.3 Å². The number of aromatic nitrogens is 1. The Kier molecular flexibility index (Phi) is 7.68. The Morgan fingerprint density at radius 3 is 2.65 bits per heavy atom. The number of halogens is 1. The van der Waals surface area contributed by atoms with Gasteiger partial charge in [-0.2, -0.15) is 0 Å².